The minimum Gasteiger partial charge on any atom is -0.472 e. The molecule has 0 unspecified atom stereocenters. The topological polar surface area (TPSA) is 67.3 Å². The molecule has 6 nitrogen and oxygen atoms in total. The molecule has 0 aliphatic carbocycles. The smallest absolute Gasteiger partial charge is 0.322 e. The number of aryl methyl sites for hydroxylation is 1. The maximum atomic E-state index is 13.7. The molecule has 1 aliphatic heterocycles. The van der Waals surface area contributed by atoms with Gasteiger partial charge >= 0.3 is 6.03 Å². The second kappa shape index (κ2) is 7.42. The van der Waals surface area contributed by atoms with Crippen LogP contribution in [0.1, 0.15) is 18.7 Å². The van der Waals surface area contributed by atoms with Crippen LogP contribution in [0.2, 0.25) is 0 Å². The molecule has 1 saturated heterocycles. The zero-order valence-corrected chi connectivity index (χ0v) is 13.7. The van der Waals surface area contributed by atoms with Gasteiger partial charge in [-0.1, -0.05) is 6.07 Å². The van der Waals surface area contributed by atoms with E-state index in [-0.39, 0.29) is 6.10 Å². The van der Waals surface area contributed by atoms with Crippen LogP contribution < -0.4 is 10.1 Å². The molecule has 2 aromatic rings. The van der Waals surface area contributed by atoms with Crippen LogP contribution in [-0.4, -0.2) is 40.1 Å². The number of nitrogens with zero attached hydrogens (tertiary/aromatic N) is 3. The van der Waals surface area contributed by atoms with E-state index in [1.807, 2.05) is 0 Å². The van der Waals surface area contributed by atoms with Gasteiger partial charge in [0.15, 0.2) is 0 Å². The molecule has 8 heteroatoms. The predicted octanol–water partition coefficient (Wildman–Crippen LogP) is 3.14. The molecular weight excluding hydrogens is 330 g/mol. The van der Waals surface area contributed by atoms with Crippen molar-refractivity contribution in [2.45, 2.75) is 25.9 Å². The molecule has 1 N–H and O–H groups in total. The number of hydrogen-bond acceptors (Lipinski definition) is 4. The van der Waals surface area contributed by atoms with E-state index < -0.39 is 23.4 Å². The number of amides is 2. The lowest BCUT2D eigenvalue weighted by atomic mass is 10.1. The maximum Gasteiger partial charge on any atom is 0.322 e. The summed E-state index contributed by atoms with van der Waals surface area (Å²) in [6, 6.07) is 4.53. The molecular formula is C17H18F2N4O2. The number of anilines is 1. The third kappa shape index (κ3) is 4.20. The van der Waals surface area contributed by atoms with Gasteiger partial charge < -0.3 is 15.0 Å². The Bertz CT molecular complexity index is 752. The number of nitrogens with one attached hydrogen (secondary N) is 1. The van der Waals surface area contributed by atoms with Crippen LogP contribution in [-0.2, 0) is 0 Å². The molecule has 1 fully saturated rings. The molecule has 1 aromatic carbocycles. The van der Waals surface area contributed by atoms with E-state index in [1.54, 1.807) is 19.2 Å². The molecule has 2 amide bonds. The Kier molecular flexibility index (Phi) is 5.06. The van der Waals surface area contributed by atoms with Crippen LogP contribution in [0.3, 0.4) is 0 Å². The summed E-state index contributed by atoms with van der Waals surface area (Å²) in [6.45, 7) is 2.56. The van der Waals surface area contributed by atoms with Crippen molar-refractivity contribution in [3.63, 3.8) is 0 Å². The number of carbonyl (C=O) groups excluding carboxylic acids is 1. The Balaban J connectivity index is 1.63. The van der Waals surface area contributed by atoms with E-state index in [2.05, 4.69) is 15.3 Å². The number of piperidine rings is 1. The Hall–Kier alpha value is -2.77. The molecule has 132 valence electrons. The third-order valence-electron chi connectivity index (χ3n) is 3.90. The van der Waals surface area contributed by atoms with Crippen LogP contribution in [0.4, 0.5) is 19.3 Å². The summed E-state index contributed by atoms with van der Waals surface area (Å²) in [7, 11) is 0. The van der Waals surface area contributed by atoms with Gasteiger partial charge in [0.25, 0.3) is 0 Å². The summed E-state index contributed by atoms with van der Waals surface area (Å²) < 4.78 is 33.1. The number of likely N-dealkylation sites (tertiary alicyclic amines) is 1. The fourth-order valence-electron chi connectivity index (χ4n) is 2.69. The first-order valence-electron chi connectivity index (χ1n) is 7.99. The monoisotopic (exact) mass is 348 g/mol. The van der Waals surface area contributed by atoms with E-state index in [9.17, 15) is 13.6 Å². The van der Waals surface area contributed by atoms with Crippen molar-refractivity contribution in [3.8, 4) is 5.88 Å². The average molecular weight is 348 g/mol. The normalized spacial score (nSPS) is 17.2. The quantitative estimate of drug-likeness (QED) is 0.925. The van der Waals surface area contributed by atoms with Gasteiger partial charge in [0, 0.05) is 18.8 Å². The van der Waals surface area contributed by atoms with E-state index in [1.165, 1.54) is 11.0 Å². The summed E-state index contributed by atoms with van der Waals surface area (Å²) in [5.41, 5.74) is -0.443. The van der Waals surface area contributed by atoms with Crippen LogP contribution in [0.5, 0.6) is 5.88 Å². The standard InChI is InChI=1S/C17H18F2N4O2/c1-11-20-8-7-15(21-11)25-12-4-3-9-23(10-12)17(24)22-16-13(18)5-2-6-14(16)19/h2,5-8,12H,3-4,9-10H2,1H3,(H,22,24)/t12-/m1/s1. The summed E-state index contributed by atoms with van der Waals surface area (Å²) in [6.07, 6.45) is 2.86. The molecule has 1 aliphatic rings. The highest BCUT2D eigenvalue weighted by atomic mass is 19.1. The Morgan fingerprint density at radius 2 is 2.08 bits per heavy atom. The van der Waals surface area contributed by atoms with E-state index >= 15 is 0 Å². The van der Waals surface area contributed by atoms with E-state index in [4.69, 9.17) is 4.74 Å². The molecule has 1 aromatic heterocycles. The highest BCUT2D eigenvalue weighted by Gasteiger charge is 2.26. The summed E-state index contributed by atoms with van der Waals surface area (Å²) in [5, 5.41) is 2.30. The Morgan fingerprint density at radius 3 is 2.80 bits per heavy atom. The van der Waals surface area contributed by atoms with Gasteiger partial charge in [-0.15, -0.1) is 0 Å². The maximum absolute atomic E-state index is 13.7. The Labute approximate surface area is 143 Å². The highest BCUT2D eigenvalue weighted by molar-refractivity contribution is 5.89. The average Bonchev–Trinajstić information content (AvgIpc) is 2.58. The molecule has 2 heterocycles. The number of hydrogen-bond donors (Lipinski definition) is 1. The molecule has 25 heavy (non-hydrogen) atoms. The van der Waals surface area contributed by atoms with Gasteiger partial charge in [-0.3, -0.25) is 0 Å². The van der Waals surface area contributed by atoms with Gasteiger partial charge in [-0.05, 0) is 31.9 Å². The van der Waals surface area contributed by atoms with Gasteiger partial charge in [-0.25, -0.2) is 18.6 Å². The van der Waals surface area contributed by atoms with Crippen molar-refractivity contribution in [1.29, 1.82) is 0 Å². The number of urea groups is 1. The molecule has 0 spiro atoms. The van der Waals surface area contributed by atoms with Gasteiger partial charge in [0.1, 0.15) is 29.3 Å². The highest BCUT2D eigenvalue weighted by Crippen LogP contribution is 2.21. The van der Waals surface area contributed by atoms with Crippen LogP contribution in [0, 0.1) is 18.6 Å². The van der Waals surface area contributed by atoms with Gasteiger partial charge in [-0.2, -0.15) is 4.98 Å². The van der Waals surface area contributed by atoms with Crippen LogP contribution >= 0.6 is 0 Å². The lowest BCUT2D eigenvalue weighted by Crippen LogP contribution is -2.46. The Morgan fingerprint density at radius 1 is 1.32 bits per heavy atom. The van der Waals surface area contributed by atoms with Crippen LogP contribution in [0.25, 0.3) is 0 Å². The number of ether oxygens (including phenoxy) is 1. The lowest BCUT2D eigenvalue weighted by molar-refractivity contribution is 0.102. The molecule has 0 saturated carbocycles. The molecule has 0 radical (unpaired) electrons. The number of rotatable bonds is 3. The summed E-state index contributed by atoms with van der Waals surface area (Å²) in [4.78, 5) is 22.0. The molecule has 0 bridgehead atoms. The minimum atomic E-state index is -0.811. The fraction of sp³-hybridized carbons (Fsp3) is 0.353. The van der Waals surface area contributed by atoms with Crippen molar-refractivity contribution in [2.75, 3.05) is 18.4 Å². The van der Waals surface area contributed by atoms with Crippen molar-refractivity contribution >= 4 is 11.7 Å². The molecule has 3 rings (SSSR count). The van der Waals surface area contributed by atoms with Crippen molar-refractivity contribution < 1.29 is 18.3 Å². The SMILES string of the molecule is Cc1nccc(O[C@@H]2CCCN(C(=O)Nc3c(F)cccc3F)C2)n1. The minimum absolute atomic E-state index is 0.237. The summed E-state index contributed by atoms with van der Waals surface area (Å²) in [5.74, 6) is -0.581. The first kappa shape index (κ1) is 17.1. The first-order valence-corrected chi connectivity index (χ1v) is 7.99. The van der Waals surface area contributed by atoms with Crippen molar-refractivity contribution in [1.82, 2.24) is 14.9 Å². The number of benzene rings is 1. The van der Waals surface area contributed by atoms with Crippen molar-refractivity contribution in [3.05, 3.63) is 47.9 Å². The fourth-order valence-corrected chi connectivity index (χ4v) is 2.69. The summed E-state index contributed by atoms with van der Waals surface area (Å²) >= 11 is 0. The van der Waals surface area contributed by atoms with Crippen molar-refractivity contribution in [2.24, 2.45) is 0 Å². The lowest BCUT2D eigenvalue weighted by Gasteiger charge is -2.32. The van der Waals surface area contributed by atoms with Crippen LogP contribution in [0.15, 0.2) is 30.5 Å². The number of aromatic nitrogens is 2. The largest absolute Gasteiger partial charge is 0.472 e. The predicted molar refractivity (Wildman–Crippen MR) is 87.4 cm³/mol. The van der Waals surface area contributed by atoms with Gasteiger partial charge in [0.05, 0.1) is 6.54 Å². The second-order valence-corrected chi connectivity index (χ2v) is 5.80. The third-order valence-corrected chi connectivity index (χ3v) is 3.90. The van der Waals surface area contributed by atoms with E-state index in [0.29, 0.717) is 24.8 Å². The van der Waals surface area contributed by atoms with E-state index in [0.717, 1.165) is 25.0 Å². The zero-order valence-electron chi connectivity index (χ0n) is 13.7. The molecule has 1 atom stereocenters. The first-order chi connectivity index (χ1) is 12.0. The number of halogens is 2. The second-order valence-electron chi connectivity index (χ2n) is 5.80. The zero-order chi connectivity index (χ0) is 17.8. The number of carbonyl (C=O) groups is 1. The van der Waals surface area contributed by atoms with Gasteiger partial charge in [0.2, 0.25) is 5.88 Å². The number of para-hydroxylation sites is 1.